The molecular weight excluding hydrogens is 612 g/mol. The molecule has 2 unspecified atom stereocenters. The number of sulfonamides is 1. The molecule has 13 nitrogen and oxygen atoms in total. The number of nitrogens with zero attached hydrogens (tertiary/aromatic N) is 2. The first-order chi connectivity index (χ1) is 21.1. The Balaban J connectivity index is 1.52. The zero-order chi connectivity index (χ0) is 34.6. The average Bonchev–Trinajstić information content (AvgIpc) is 3.20. The van der Waals surface area contributed by atoms with Crippen LogP contribution in [0, 0.1) is 34.0 Å². The van der Waals surface area contributed by atoms with Crippen molar-refractivity contribution in [3.8, 4) is 0 Å². The van der Waals surface area contributed by atoms with E-state index in [-0.39, 0.29) is 35.5 Å². The lowest BCUT2D eigenvalue weighted by atomic mass is 9.80. The molecule has 0 aromatic carbocycles. The van der Waals surface area contributed by atoms with Crippen LogP contribution < -0.4 is 21.7 Å². The maximum absolute atomic E-state index is 14.3. The third-order valence-corrected chi connectivity index (χ3v) is 12.7. The molecule has 2 aliphatic carbocycles. The fourth-order valence-corrected chi connectivity index (χ4v) is 8.85. The van der Waals surface area contributed by atoms with Crippen LogP contribution in [0.4, 0.5) is 4.79 Å². The van der Waals surface area contributed by atoms with Crippen LogP contribution in [0.25, 0.3) is 0 Å². The van der Waals surface area contributed by atoms with E-state index in [0.29, 0.717) is 25.9 Å². The molecule has 4 fully saturated rings. The normalized spacial score (nSPS) is 27.5. The number of primary amides is 1. The van der Waals surface area contributed by atoms with E-state index in [1.54, 1.807) is 0 Å². The van der Waals surface area contributed by atoms with Gasteiger partial charge in [0.2, 0.25) is 27.6 Å². The number of piperidine rings is 1. The van der Waals surface area contributed by atoms with Gasteiger partial charge in [-0.05, 0) is 46.8 Å². The Morgan fingerprint density at radius 3 is 2.04 bits per heavy atom. The second-order valence-corrected chi connectivity index (χ2v) is 18.7. The van der Waals surface area contributed by atoms with Gasteiger partial charge in [0, 0.05) is 25.7 Å². The summed E-state index contributed by atoms with van der Waals surface area (Å²) < 4.78 is 26.4. The first-order valence-corrected chi connectivity index (χ1v) is 18.2. The van der Waals surface area contributed by atoms with Crippen molar-refractivity contribution in [3.05, 3.63) is 0 Å². The summed E-state index contributed by atoms with van der Waals surface area (Å²) in [5.74, 6) is -2.65. The molecule has 0 aromatic heterocycles. The number of amides is 5. The second kappa shape index (κ2) is 12.7. The predicted octanol–water partition coefficient (Wildman–Crippen LogP) is 1.36. The number of nitrogens with two attached hydrogens (primary N) is 1. The maximum atomic E-state index is 14.3. The number of hydrogen-bond donors (Lipinski definition) is 4. The second-order valence-electron chi connectivity index (χ2n) is 16.6. The average molecular weight is 667 g/mol. The molecule has 260 valence electrons. The molecule has 5 amide bonds. The van der Waals surface area contributed by atoms with Crippen molar-refractivity contribution in [2.24, 2.45) is 39.7 Å². The minimum Gasteiger partial charge on any atom is -0.363 e. The number of likely N-dealkylation sites (tertiary alicyclic amines) is 1. The summed E-state index contributed by atoms with van der Waals surface area (Å²) in [6.07, 6.45) is 3.71. The highest BCUT2D eigenvalue weighted by Gasteiger charge is 2.70. The van der Waals surface area contributed by atoms with E-state index in [1.165, 1.54) is 9.21 Å². The summed E-state index contributed by atoms with van der Waals surface area (Å²) in [6, 6.07) is -4.09. The van der Waals surface area contributed by atoms with Crippen LogP contribution in [-0.2, 0) is 29.2 Å². The minimum atomic E-state index is -3.38. The molecule has 0 bridgehead atoms. The van der Waals surface area contributed by atoms with Gasteiger partial charge in [0.1, 0.15) is 12.1 Å². The third kappa shape index (κ3) is 7.53. The SMILES string of the molecule is CC(C)(C)[C@H](NC(=O)N[C@H](CN1CCCS1(=O)=O)C(C)(C)C)C(=O)N1C[C@H]2[C@@H](C1C(=O)NC(CC1CCC1)C(=O)C(N)=O)C2(C)C. The smallest absolute Gasteiger partial charge is 0.315 e. The molecule has 2 saturated heterocycles. The topological polar surface area (TPSA) is 188 Å². The first-order valence-electron chi connectivity index (χ1n) is 16.5. The zero-order valence-electron chi connectivity index (χ0n) is 28.6. The van der Waals surface area contributed by atoms with Crippen molar-refractivity contribution in [2.45, 2.75) is 112 Å². The highest BCUT2D eigenvalue weighted by atomic mass is 32.2. The predicted molar refractivity (Wildman–Crippen MR) is 172 cm³/mol. The van der Waals surface area contributed by atoms with Crippen molar-refractivity contribution >= 4 is 39.6 Å². The number of Topliss-reactive ketones (excluding diaryl/α,β-unsaturated/α-hetero) is 1. The summed E-state index contributed by atoms with van der Waals surface area (Å²) >= 11 is 0. The Hall–Kier alpha value is -2.74. The summed E-state index contributed by atoms with van der Waals surface area (Å²) in [5.41, 5.74) is 3.89. The molecule has 14 heteroatoms. The van der Waals surface area contributed by atoms with Crippen molar-refractivity contribution in [1.82, 2.24) is 25.2 Å². The summed E-state index contributed by atoms with van der Waals surface area (Å²) in [6.45, 7) is 16.1. The zero-order valence-corrected chi connectivity index (χ0v) is 29.5. The monoisotopic (exact) mass is 666 g/mol. The van der Waals surface area contributed by atoms with E-state index in [9.17, 15) is 32.4 Å². The Labute approximate surface area is 273 Å². The quantitative estimate of drug-likeness (QED) is 0.240. The number of urea groups is 1. The van der Waals surface area contributed by atoms with Crippen molar-refractivity contribution in [1.29, 1.82) is 0 Å². The van der Waals surface area contributed by atoms with Gasteiger partial charge in [-0.3, -0.25) is 19.2 Å². The molecule has 2 heterocycles. The van der Waals surface area contributed by atoms with Crippen LogP contribution in [0.3, 0.4) is 0 Å². The van der Waals surface area contributed by atoms with E-state index >= 15 is 0 Å². The van der Waals surface area contributed by atoms with Crippen LogP contribution in [0.15, 0.2) is 0 Å². The lowest BCUT2D eigenvalue weighted by molar-refractivity contribution is -0.145. The first kappa shape index (κ1) is 36.1. The molecular formula is C32H54N6O7S. The van der Waals surface area contributed by atoms with E-state index in [0.717, 1.165) is 19.3 Å². The summed E-state index contributed by atoms with van der Waals surface area (Å²) in [5, 5.41) is 8.56. The van der Waals surface area contributed by atoms with Gasteiger partial charge in [0.05, 0.1) is 11.8 Å². The van der Waals surface area contributed by atoms with Gasteiger partial charge in [0.25, 0.3) is 5.91 Å². The van der Waals surface area contributed by atoms with Gasteiger partial charge >= 0.3 is 6.03 Å². The minimum absolute atomic E-state index is 0.0613. The molecule has 46 heavy (non-hydrogen) atoms. The fourth-order valence-electron chi connectivity index (χ4n) is 7.32. The van der Waals surface area contributed by atoms with Gasteiger partial charge in [-0.2, -0.15) is 4.31 Å². The molecule has 4 rings (SSSR count). The molecule has 2 saturated carbocycles. The molecule has 5 N–H and O–H groups in total. The number of fused-ring (bicyclic) bond motifs is 1. The fraction of sp³-hybridized carbons (Fsp3) is 0.844. The lowest BCUT2D eigenvalue weighted by Crippen LogP contribution is -2.62. The van der Waals surface area contributed by atoms with Gasteiger partial charge in [-0.25, -0.2) is 13.2 Å². The van der Waals surface area contributed by atoms with E-state index < -0.39 is 74.6 Å². The Kier molecular flexibility index (Phi) is 9.97. The largest absolute Gasteiger partial charge is 0.363 e. The number of rotatable bonds is 11. The molecule has 4 aliphatic rings. The number of ketones is 1. The Morgan fingerprint density at radius 2 is 1.57 bits per heavy atom. The van der Waals surface area contributed by atoms with Gasteiger partial charge in [-0.1, -0.05) is 74.7 Å². The highest BCUT2D eigenvalue weighted by molar-refractivity contribution is 7.89. The Bertz CT molecular complexity index is 1350. The van der Waals surface area contributed by atoms with Crippen molar-refractivity contribution < 1.29 is 32.4 Å². The maximum Gasteiger partial charge on any atom is 0.315 e. The van der Waals surface area contributed by atoms with Gasteiger partial charge < -0.3 is 26.6 Å². The molecule has 6 atom stereocenters. The van der Waals surface area contributed by atoms with E-state index in [4.69, 9.17) is 5.73 Å². The van der Waals surface area contributed by atoms with E-state index in [2.05, 4.69) is 16.0 Å². The highest BCUT2D eigenvalue weighted by Crippen LogP contribution is 2.65. The standard InChI is InChI=1S/C32H54N6O7S/c1-30(2,3)21(17-37-13-10-14-46(37,44)45)35-29(43)36-25(31(4,5)6)28(42)38-16-19-22(32(19,7)8)23(38)27(41)34-20(24(39)26(33)40)15-18-11-9-12-18/h18-23,25H,9-17H2,1-8H3,(H2,33,40)(H,34,41)(H2,35,36,43)/t19-,20?,21+,22-,23?,25+/m0/s1. The summed E-state index contributed by atoms with van der Waals surface area (Å²) in [4.78, 5) is 67.8. The summed E-state index contributed by atoms with van der Waals surface area (Å²) in [7, 11) is -3.38. The van der Waals surface area contributed by atoms with Crippen LogP contribution >= 0.6 is 0 Å². The van der Waals surface area contributed by atoms with E-state index in [1.807, 2.05) is 55.4 Å². The van der Waals surface area contributed by atoms with Gasteiger partial charge in [0.15, 0.2) is 0 Å². The van der Waals surface area contributed by atoms with Crippen LogP contribution in [0.1, 0.15) is 87.5 Å². The van der Waals surface area contributed by atoms with Gasteiger partial charge in [-0.15, -0.1) is 0 Å². The number of hydrogen-bond acceptors (Lipinski definition) is 7. The molecule has 2 aliphatic heterocycles. The van der Waals surface area contributed by atoms with Crippen LogP contribution in [-0.4, -0.2) is 96.7 Å². The van der Waals surface area contributed by atoms with Crippen molar-refractivity contribution in [2.75, 3.05) is 25.4 Å². The number of carbonyl (C=O) groups is 5. The number of carbonyl (C=O) groups excluding carboxylic acids is 5. The molecule has 0 aromatic rings. The van der Waals surface area contributed by atoms with Crippen LogP contribution in [0.2, 0.25) is 0 Å². The molecule has 0 radical (unpaired) electrons. The lowest BCUT2D eigenvalue weighted by Gasteiger charge is -2.39. The number of nitrogens with one attached hydrogen (secondary N) is 3. The molecule has 0 spiro atoms. The van der Waals surface area contributed by atoms with Crippen molar-refractivity contribution in [3.63, 3.8) is 0 Å². The van der Waals surface area contributed by atoms with Crippen LogP contribution in [0.5, 0.6) is 0 Å². The third-order valence-electron chi connectivity index (χ3n) is 10.8. The Morgan fingerprint density at radius 1 is 0.935 bits per heavy atom.